The number of allylic oxidation sites excluding steroid dienone is 3. The van der Waals surface area contributed by atoms with Crippen LogP contribution in [0.5, 0.6) is 0 Å². The number of Topliss-reactive ketones (excluding diaryl/α,β-unsaturated/α-hetero) is 1. The van der Waals surface area contributed by atoms with Crippen LogP contribution in [-0.4, -0.2) is 31.7 Å². The van der Waals surface area contributed by atoms with Gasteiger partial charge in [0.15, 0.2) is 0 Å². The van der Waals surface area contributed by atoms with Gasteiger partial charge in [0.05, 0.1) is 5.70 Å². The number of carbonyl (C=O) groups is 1. The van der Waals surface area contributed by atoms with Crippen LogP contribution in [0.25, 0.3) is 0 Å². The second kappa shape index (κ2) is 12.1. The maximum Gasteiger partial charge on any atom is 0.137 e. The van der Waals surface area contributed by atoms with Crippen molar-refractivity contribution in [1.82, 2.24) is 5.32 Å². The Bertz CT molecular complexity index is 409. The number of aliphatic imine (C=N–C) groups is 1. The molecule has 0 rings (SSSR count). The molecule has 1 N–H and O–H groups in total. The average Bonchev–Trinajstić information content (AvgIpc) is 2.44. The summed E-state index contributed by atoms with van der Waals surface area (Å²) in [6.45, 7) is 13.7. The third-order valence-corrected chi connectivity index (χ3v) is 2.72. The van der Waals surface area contributed by atoms with Gasteiger partial charge in [0.2, 0.25) is 0 Å². The van der Waals surface area contributed by atoms with Crippen molar-refractivity contribution < 1.29 is 9.53 Å². The lowest BCUT2D eigenvalue weighted by atomic mass is 10.1. The summed E-state index contributed by atoms with van der Waals surface area (Å²) in [7, 11) is 0. The van der Waals surface area contributed by atoms with E-state index in [0.29, 0.717) is 18.1 Å². The first-order chi connectivity index (χ1) is 10.0. The minimum absolute atomic E-state index is 0.0856. The molecule has 1 atom stereocenters. The molecule has 0 radical (unpaired) electrons. The highest BCUT2D eigenvalue weighted by atomic mass is 16.5. The van der Waals surface area contributed by atoms with E-state index in [-0.39, 0.29) is 11.7 Å². The summed E-state index contributed by atoms with van der Waals surface area (Å²) in [6, 6.07) is 0. The quantitative estimate of drug-likeness (QED) is 0.275. The molecule has 0 saturated carbocycles. The fourth-order valence-corrected chi connectivity index (χ4v) is 1.36. The fourth-order valence-electron chi connectivity index (χ4n) is 1.36. The van der Waals surface area contributed by atoms with E-state index in [2.05, 4.69) is 23.8 Å². The van der Waals surface area contributed by atoms with Crippen LogP contribution in [0.15, 0.2) is 41.3 Å². The number of rotatable bonds is 11. The number of ketones is 1. The van der Waals surface area contributed by atoms with Crippen molar-refractivity contribution in [3.8, 4) is 0 Å². The van der Waals surface area contributed by atoms with Gasteiger partial charge < -0.3 is 10.1 Å². The lowest BCUT2D eigenvalue weighted by molar-refractivity contribution is -0.118. The van der Waals surface area contributed by atoms with Gasteiger partial charge >= 0.3 is 0 Å². The summed E-state index contributed by atoms with van der Waals surface area (Å²) in [6.07, 6.45) is 8.26. The lowest BCUT2D eigenvalue weighted by Gasteiger charge is -2.08. The van der Waals surface area contributed by atoms with Gasteiger partial charge in [-0.25, -0.2) is 0 Å². The SMILES string of the molecule is C=C(/C=C(\C=CC)OCCNCCC)N=CC(C)C(C)=O. The fraction of sp³-hybridized carbons (Fsp3) is 0.529. The zero-order valence-electron chi connectivity index (χ0n) is 13.7. The molecule has 0 aliphatic heterocycles. The van der Waals surface area contributed by atoms with Crippen LogP contribution < -0.4 is 5.32 Å². The maximum absolute atomic E-state index is 11.1. The molecule has 0 saturated heterocycles. The Labute approximate surface area is 128 Å². The number of carbonyl (C=O) groups excluding carboxylic acids is 1. The molecule has 4 nitrogen and oxygen atoms in total. The maximum atomic E-state index is 11.1. The molecule has 0 aromatic carbocycles. The van der Waals surface area contributed by atoms with E-state index in [0.717, 1.165) is 19.5 Å². The van der Waals surface area contributed by atoms with Crippen LogP contribution in [0.1, 0.15) is 34.1 Å². The molecule has 0 fully saturated rings. The first-order valence-electron chi connectivity index (χ1n) is 7.42. The van der Waals surface area contributed by atoms with Gasteiger partial charge in [-0.05, 0) is 32.9 Å². The standard InChI is InChI=1S/C17H28N2O2/c1-6-8-17(21-11-10-18-9-7-2)12-15(4)19-13-14(3)16(5)20/h6,8,12-14,18H,4,7,9-11H2,1-3,5H3/b8-6?,17-12+,19-13?. The smallest absolute Gasteiger partial charge is 0.137 e. The second-order valence-electron chi connectivity index (χ2n) is 4.81. The van der Waals surface area contributed by atoms with Gasteiger partial charge in [-0.1, -0.05) is 26.5 Å². The molecule has 118 valence electrons. The third-order valence-electron chi connectivity index (χ3n) is 2.72. The minimum Gasteiger partial charge on any atom is -0.492 e. The molecule has 21 heavy (non-hydrogen) atoms. The zero-order valence-corrected chi connectivity index (χ0v) is 13.7. The molecule has 0 bridgehead atoms. The Morgan fingerprint density at radius 2 is 2.14 bits per heavy atom. The van der Waals surface area contributed by atoms with E-state index in [1.807, 2.05) is 26.0 Å². The van der Waals surface area contributed by atoms with E-state index in [1.165, 1.54) is 0 Å². The molecule has 0 spiro atoms. The highest BCUT2D eigenvalue weighted by Crippen LogP contribution is 2.06. The highest BCUT2D eigenvalue weighted by Gasteiger charge is 2.03. The lowest BCUT2D eigenvalue weighted by Crippen LogP contribution is -2.20. The number of nitrogens with zero attached hydrogens (tertiary/aromatic N) is 1. The monoisotopic (exact) mass is 292 g/mol. The van der Waals surface area contributed by atoms with Gasteiger partial charge in [0.1, 0.15) is 18.1 Å². The number of hydrogen-bond donors (Lipinski definition) is 1. The van der Waals surface area contributed by atoms with Gasteiger partial charge in [0.25, 0.3) is 0 Å². The predicted octanol–water partition coefficient (Wildman–Crippen LogP) is 3.27. The Morgan fingerprint density at radius 1 is 1.43 bits per heavy atom. The van der Waals surface area contributed by atoms with Gasteiger partial charge in [0, 0.05) is 24.8 Å². The van der Waals surface area contributed by atoms with Crippen molar-refractivity contribution in [3.63, 3.8) is 0 Å². The Balaban J connectivity index is 4.43. The summed E-state index contributed by atoms with van der Waals surface area (Å²) >= 11 is 0. The van der Waals surface area contributed by atoms with Gasteiger partial charge in [-0.15, -0.1) is 0 Å². The van der Waals surface area contributed by atoms with Crippen molar-refractivity contribution >= 4 is 12.0 Å². The average molecular weight is 292 g/mol. The van der Waals surface area contributed by atoms with Crippen molar-refractivity contribution in [3.05, 3.63) is 36.3 Å². The van der Waals surface area contributed by atoms with Gasteiger partial charge in [-0.2, -0.15) is 0 Å². The molecule has 0 aliphatic carbocycles. The van der Waals surface area contributed by atoms with E-state index < -0.39 is 0 Å². The molecule has 0 aromatic heterocycles. The molecular formula is C17H28N2O2. The molecule has 1 unspecified atom stereocenters. The van der Waals surface area contributed by atoms with Crippen molar-refractivity contribution in [2.24, 2.45) is 10.9 Å². The van der Waals surface area contributed by atoms with Gasteiger partial charge in [-0.3, -0.25) is 9.79 Å². The van der Waals surface area contributed by atoms with Crippen LogP contribution in [0, 0.1) is 5.92 Å². The number of ether oxygens (including phenoxy) is 1. The molecular weight excluding hydrogens is 264 g/mol. The Morgan fingerprint density at radius 3 is 2.71 bits per heavy atom. The van der Waals surface area contributed by atoms with Crippen molar-refractivity contribution in [2.75, 3.05) is 19.7 Å². The largest absolute Gasteiger partial charge is 0.492 e. The van der Waals surface area contributed by atoms with E-state index >= 15 is 0 Å². The Hall–Kier alpha value is -1.68. The number of nitrogens with one attached hydrogen (secondary N) is 1. The van der Waals surface area contributed by atoms with Crippen LogP contribution in [0.3, 0.4) is 0 Å². The predicted molar refractivity (Wildman–Crippen MR) is 89.5 cm³/mol. The van der Waals surface area contributed by atoms with E-state index in [4.69, 9.17) is 4.74 Å². The van der Waals surface area contributed by atoms with Crippen LogP contribution in [-0.2, 0) is 9.53 Å². The minimum atomic E-state index is -0.195. The molecule has 0 aromatic rings. The topological polar surface area (TPSA) is 50.7 Å². The van der Waals surface area contributed by atoms with Crippen LogP contribution in [0.4, 0.5) is 0 Å². The zero-order chi connectivity index (χ0) is 16.1. The summed E-state index contributed by atoms with van der Waals surface area (Å²) < 4.78 is 5.66. The summed E-state index contributed by atoms with van der Waals surface area (Å²) in [5.74, 6) is 0.607. The number of hydrogen-bond acceptors (Lipinski definition) is 4. The van der Waals surface area contributed by atoms with E-state index in [1.54, 1.807) is 19.2 Å². The molecule has 4 heteroatoms. The highest BCUT2D eigenvalue weighted by molar-refractivity contribution is 5.93. The molecule has 0 heterocycles. The normalized spacial score (nSPS) is 13.8. The van der Waals surface area contributed by atoms with Crippen molar-refractivity contribution in [1.29, 1.82) is 0 Å². The van der Waals surface area contributed by atoms with Crippen LogP contribution in [0.2, 0.25) is 0 Å². The first kappa shape index (κ1) is 19.3. The third kappa shape index (κ3) is 10.7. The summed E-state index contributed by atoms with van der Waals surface area (Å²) in [5.41, 5.74) is 0.567. The second-order valence-corrected chi connectivity index (χ2v) is 4.81. The van der Waals surface area contributed by atoms with Crippen molar-refractivity contribution in [2.45, 2.75) is 34.1 Å². The molecule has 0 amide bonds. The Kier molecular flexibility index (Phi) is 11.1. The molecule has 0 aliphatic rings. The van der Waals surface area contributed by atoms with Crippen LogP contribution >= 0.6 is 0 Å². The summed E-state index contributed by atoms with van der Waals surface area (Å²) in [4.78, 5) is 15.3. The summed E-state index contributed by atoms with van der Waals surface area (Å²) in [5, 5.41) is 3.27. The van der Waals surface area contributed by atoms with E-state index in [9.17, 15) is 4.79 Å². The first-order valence-corrected chi connectivity index (χ1v) is 7.42.